The van der Waals surface area contributed by atoms with Gasteiger partial charge in [-0.1, -0.05) is 0 Å². The molecular formula is C9H12N4O. The molecule has 14 heavy (non-hydrogen) atoms. The van der Waals surface area contributed by atoms with E-state index in [1.165, 1.54) is 0 Å². The fraction of sp³-hybridized carbons (Fsp3) is 0.333. The summed E-state index contributed by atoms with van der Waals surface area (Å²) in [6.07, 6.45) is 3.36. The number of rotatable bonds is 3. The quantitative estimate of drug-likeness (QED) is 0.716. The van der Waals surface area contributed by atoms with Gasteiger partial charge in [0.2, 0.25) is 0 Å². The average Bonchev–Trinajstić information content (AvgIpc) is 2.51. The summed E-state index contributed by atoms with van der Waals surface area (Å²) in [6, 6.07) is 1.80. The van der Waals surface area contributed by atoms with Gasteiger partial charge in [-0.15, -0.1) is 0 Å². The van der Waals surface area contributed by atoms with E-state index in [0.717, 1.165) is 17.6 Å². The Morgan fingerprint density at radius 3 is 3.29 bits per heavy atom. The lowest BCUT2D eigenvalue weighted by Gasteiger charge is -2.00. The first-order valence-electron chi connectivity index (χ1n) is 4.50. The number of fused-ring (bicyclic) bond motifs is 1. The predicted molar refractivity (Wildman–Crippen MR) is 54.3 cm³/mol. The van der Waals surface area contributed by atoms with Gasteiger partial charge in [0.25, 0.3) is 0 Å². The zero-order chi connectivity index (χ0) is 9.97. The number of aromatic amines is 1. The molecule has 2 N–H and O–H groups in total. The standard InChI is InChI=1S/C9H12N4O/c1-10-4-5-13-8-6-11-3-2-7(8)12-9(13)14/h2-3,6,10H,4-5H2,1H3,(H,12,14). The fourth-order valence-corrected chi connectivity index (χ4v) is 1.44. The van der Waals surface area contributed by atoms with E-state index in [9.17, 15) is 4.79 Å². The second-order valence-electron chi connectivity index (χ2n) is 3.08. The van der Waals surface area contributed by atoms with Crippen molar-refractivity contribution in [2.75, 3.05) is 13.6 Å². The van der Waals surface area contributed by atoms with Crippen molar-refractivity contribution in [3.8, 4) is 0 Å². The van der Waals surface area contributed by atoms with E-state index in [1.54, 1.807) is 23.0 Å². The van der Waals surface area contributed by atoms with Gasteiger partial charge in [-0.25, -0.2) is 4.79 Å². The van der Waals surface area contributed by atoms with Gasteiger partial charge in [0, 0.05) is 19.3 Å². The van der Waals surface area contributed by atoms with Gasteiger partial charge < -0.3 is 10.3 Å². The van der Waals surface area contributed by atoms with Crippen LogP contribution in [0.15, 0.2) is 23.3 Å². The number of hydrogen-bond donors (Lipinski definition) is 2. The Hall–Kier alpha value is -1.62. The summed E-state index contributed by atoms with van der Waals surface area (Å²) in [6.45, 7) is 1.42. The highest BCUT2D eigenvalue weighted by Gasteiger charge is 2.04. The van der Waals surface area contributed by atoms with Crippen LogP contribution in [0.1, 0.15) is 0 Å². The molecule has 0 atom stereocenters. The summed E-state index contributed by atoms with van der Waals surface area (Å²) in [5, 5.41) is 3.00. The van der Waals surface area contributed by atoms with Crippen molar-refractivity contribution in [2.24, 2.45) is 0 Å². The zero-order valence-corrected chi connectivity index (χ0v) is 7.95. The normalized spacial score (nSPS) is 10.9. The number of hydrogen-bond acceptors (Lipinski definition) is 3. The van der Waals surface area contributed by atoms with E-state index in [1.807, 2.05) is 7.05 Å². The topological polar surface area (TPSA) is 62.7 Å². The first kappa shape index (κ1) is 8.96. The molecular weight excluding hydrogens is 180 g/mol. The Balaban J connectivity index is 2.51. The summed E-state index contributed by atoms with van der Waals surface area (Å²) in [7, 11) is 1.86. The highest BCUT2D eigenvalue weighted by atomic mass is 16.1. The van der Waals surface area contributed by atoms with Crippen LogP contribution in [-0.4, -0.2) is 28.1 Å². The third-order valence-corrected chi connectivity index (χ3v) is 2.16. The molecule has 2 heterocycles. The van der Waals surface area contributed by atoms with Gasteiger partial charge in [-0.05, 0) is 13.1 Å². The molecule has 74 valence electrons. The molecule has 0 aliphatic carbocycles. The number of nitrogens with one attached hydrogen (secondary N) is 2. The van der Waals surface area contributed by atoms with E-state index in [-0.39, 0.29) is 5.69 Å². The van der Waals surface area contributed by atoms with Crippen molar-refractivity contribution in [1.82, 2.24) is 19.9 Å². The van der Waals surface area contributed by atoms with Gasteiger partial charge in [0.05, 0.1) is 17.2 Å². The number of imidazole rings is 1. The molecule has 0 bridgehead atoms. The second-order valence-corrected chi connectivity index (χ2v) is 3.08. The average molecular weight is 192 g/mol. The third kappa shape index (κ3) is 1.42. The molecule has 5 heteroatoms. The maximum atomic E-state index is 11.5. The lowest BCUT2D eigenvalue weighted by molar-refractivity contribution is 0.641. The molecule has 2 rings (SSSR count). The number of likely N-dealkylation sites (N-methyl/N-ethyl adjacent to an activating group) is 1. The van der Waals surface area contributed by atoms with Crippen LogP contribution in [0.2, 0.25) is 0 Å². The van der Waals surface area contributed by atoms with Crippen molar-refractivity contribution >= 4 is 11.0 Å². The first-order valence-corrected chi connectivity index (χ1v) is 4.50. The van der Waals surface area contributed by atoms with Crippen molar-refractivity contribution in [1.29, 1.82) is 0 Å². The molecule has 0 aliphatic rings. The number of pyridine rings is 1. The molecule has 2 aromatic heterocycles. The van der Waals surface area contributed by atoms with Gasteiger partial charge in [0.1, 0.15) is 0 Å². The Kier molecular flexibility index (Phi) is 2.32. The molecule has 0 saturated carbocycles. The molecule has 0 spiro atoms. The summed E-state index contributed by atoms with van der Waals surface area (Å²) in [5.74, 6) is 0. The maximum Gasteiger partial charge on any atom is 0.326 e. The monoisotopic (exact) mass is 192 g/mol. The van der Waals surface area contributed by atoms with E-state index in [2.05, 4.69) is 15.3 Å². The largest absolute Gasteiger partial charge is 0.326 e. The van der Waals surface area contributed by atoms with Crippen molar-refractivity contribution in [3.05, 3.63) is 28.9 Å². The summed E-state index contributed by atoms with van der Waals surface area (Å²) in [5.41, 5.74) is 1.61. The molecule has 0 unspecified atom stereocenters. The van der Waals surface area contributed by atoms with Crippen molar-refractivity contribution < 1.29 is 0 Å². The SMILES string of the molecule is CNCCn1c(=O)[nH]c2ccncc21. The number of nitrogens with zero attached hydrogens (tertiary/aromatic N) is 2. The summed E-state index contributed by atoms with van der Waals surface area (Å²) in [4.78, 5) is 18.3. The van der Waals surface area contributed by atoms with E-state index >= 15 is 0 Å². The van der Waals surface area contributed by atoms with Crippen LogP contribution >= 0.6 is 0 Å². The minimum atomic E-state index is -0.0803. The van der Waals surface area contributed by atoms with Gasteiger partial charge in [0.15, 0.2) is 0 Å². The number of H-pyrrole nitrogens is 1. The van der Waals surface area contributed by atoms with E-state index in [0.29, 0.717) is 6.54 Å². The molecule has 0 aromatic carbocycles. The highest BCUT2D eigenvalue weighted by molar-refractivity contribution is 5.73. The predicted octanol–water partition coefficient (Wildman–Crippen LogP) is -0.0560. The molecule has 0 radical (unpaired) electrons. The van der Waals surface area contributed by atoms with Crippen LogP contribution in [0.25, 0.3) is 11.0 Å². The Morgan fingerprint density at radius 2 is 2.50 bits per heavy atom. The van der Waals surface area contributed by atoms with Crippen LogP contribution < -0.4 is 11.0 Å². The Bertz CT molecular complexity index is 485. The molecule has 0 saturated heterocycles. The second kappa shape index (κ2) is 3.63. The Morgan fingerprint density at radius 1 is 1.64 bits per heavy atom. The Labute approximate surface area is 80.8 Å². The summed E-state index contributed by atoms with van der Waals surface area (Å²) < 4.78 is 1.68. The van der Waals surface area contributed by atoms with Crippen LogP contribution in [0.4, 0.5) is 0 Å². The molecule has 0 fully saturated rings. The maximum absolute atomic E-state index is 11.5. The van der Waals surface area contributed by atoms with Crippen LogP contribution in [0, 0.1) is 0 Å². The minimum Gasteiger partial charge on any atom is -0.318 e. The summed E-state index contributed by atoms with van der Waals surface area (Å²) >= 11 is 0. The molecule has 0 aliphatic heterocycles. The van der Waals surface area contributed by atoms with Gasteiger partial charge in [-0.3, -0.25) is 9.55 Å². The molecule has 0 amide bonds. The van der Waals surface area contributed by atoms with Crippen molar-refractivity contribution in [3.63, 3.8) is 0 Å². The molecule has 2 aromatic rings. The van der Waals surface area contributed by atoms with Crippen LogP contribution in [-0.2, 0) is 6.54 Å². The number of aromatic nitrogens is 3. The first-order chi connectivity index (χ1) is 6.83. The molecule has 5 nitrogen and oxygen atoms in total. The van der Waals surface area contributed by atoms with Crippen molar-refractivity contribution in [2.45, 2.75) is 6.54 Å². The van der Waals surface area contributed by atoms with Crippen LogP contribution in [0.5, 0.6) is 0 Å². The lowest BCUT2D eigenvalue weighted by atomic mass is 10.4. The minimum absolute atomic E-state index is 0.0803. The van der Waals surface area contributed by atoms with E-state index in [4.69, 9.17) is 0 Å². The third-order valence-electron chi connectivity index (χ3n) is 2.16. The van der Waals surface area contributed by atoms with Gasteiger partial charge in [-0.2, -0.15) is 0 Å². The lowest BCUT2D eigenvalue weighted by Crippen LogP contribution is -2.23. The van der Waals surface area contributed by atoms with E-state index < -0.39 is 0 Å². The highest BCUT2D eigenvalue weighted by Crippen LogP contribution is 2.05. The smallest absolute Gasteiger partial charge is 0.318 e. The fourth-order valence-electron chi connectivity index (χ4n) is 1.44. The van der Waals surface area contributed by atoms with Gasteiger partial charge >= 0.3 is 5.69 Å². The zero-order valence-electron chi connectivity index (χ0n) is 7.95. The van der Waals surface area contributed by atoms with Crippen LogP contribution in [0.3, 0.4) is 0 Å².